The van der Waals surface area contributed by atoms with Crippen LogP contribution < -0.4 is 38.9 Å². The quantitative estimate of drug-likeness (QED) is 0.0637. The van der Waals surface area contributed by atoms with Crippen LogP contribution in [0.25, 0.3) is 0 Å². The zero-order valence-corrected chi connectivity index (χ0v) is 19.9. The minimum absolute atomic E-state index is 0.121. The molecule has 0 radical (unpaired) electrons. The molecule has 5 atom stereocenters. The van der Waals surface area contributed by atoms with Crippen LogP contribution in [0.1, 0.15) is 52.9 Å². The monoisotopic (exact) mass is 486 g/mol. The van der Waals surface area contributed by atoms with Gasteiger partial charge in [0.2, 0.25) is 23.6 Å². The summed E-state index contributed by atoms with van der Waals surface area (Å²) in [6.45, 7) is 5.06. The number of primary amides is 1. The van der Waals surface area contributed by atoms with E-state index in [0.29, 0.717) is 12.8 Å². The molecule has 194 valence electrons. The molecule has 0 heterocycles. The normalized spacial score (nSPS) is 15.1. The third-order valence-corrected chi connectivity index (χ3v) is 5.08. The summed E-state index contributed by atoms with van der Waals surface area (Å²) in [7, 11) is 0. The Hall–Kier alpha value is -3.42. The maximum absolute atomic E-state index is 12.9. The van der Waals surface area contributed by atoms with Gasteiger partial charge in [-0.3, -0.25) is 24.2 Å². The van der Waals surface area contributed by atoms with Crippen molar-refractivity contribution in [2.24, 2.45) is 33.8 Å². The number of nitrogens with one attached hydrogen (secondary N) is 3. The zero-order chi connectivity index (χ0) is 26.4. The average Bonchev–Trinajstić information content (AvgIpc) is 2.75. The summed E-state index contributed by atoms with van der Waals surface area (Å²) in [4.78, 5) is 64.5. The highest BCUT2D eigenvalue weighted by Crippen LogP contribution is 2.10. The van der Waals surface area contributed by atoms with E-state index >= 15 is 0 Å². The molecule has 0 saturated carbocycles. The van der Waals surface area contributed by atoms with Crippen LogP contribution in [0.15, 0.2) is 4.99 Å². The van der Waals surface area contributed by atoms with Crippen LogP contribution in [0.2, 0.25) is 0 Å². The smallest absolute Gasteiger partial charge is 0.326 e. The van der Waals surface area contributed by atoms with E-state index < -0.39 is 53.8 Å². The van der Waals surface area contributed by atoms with Crippen LogP contribution in [0.5, 0.6) is 0 Å². The van der Waals surface area contributed by atoms with Gasteiger partial charge in [0.1, 0.15) is 18.1 Å². The van der Waals surface area contributed by atoms with E-state index in [2.05, 4.69) is 20.9 Å². The van der Waals surface area contributed by atoms with Gasteiger partial charge in [0.25, 0.3) is 0 Å². The Morgan fingerprint density at radius 1 is 0.882 bits per heavy atom. The Kier molecular flexibility index (Phi) is 13.9. The van der Waals surface area contributed by atoms with Crippen molar-refractivity contribution in [3.05, 3.63) is 0 Å². The van der Waals surface area contributed by atoms with Gasteiger partial charge in [-0.25, -0.2) is 4.79 Å². The standard InChI is InChI=1S/C20H38N8O6/c1-4-10(2)15(19(33)34)28-18(32)13(7-8-14(22)29)27-17(31)12(26-16(30)11(3)21)6-5-9-25-20(23)24/h10-13,15H,4-9,21H2,1-3H3,(H2,22,29)(H,26,30)(H,27,31)(H,28,32)(H,33,34)(H4,23,24,25). The van der Waals surface area contributed by atoms with Crippen LogP contribution in [0.4, 0.5) is 0 Å². The predicted octanol–water partition coefficient (Wildman–Crippen LogP) is -2.76. The molecule has 0 aliphatic heterocycles. The van der Waals surface area contributed by atoms with Gasteiger partial charge in [0, 0.05) is 13.0 Å². The molecule has 14 nitrogen and oxygen atoms in total. The lowest BCUT2D eigenvalue weighted by Crippen LogP contribution is -2.57. The second-order valence-electron chi connectivity index (χ2n) is 8.07. The molecule has 0 aliphatic carbocycles. The Balaban J connectivity index is 5.59. The summed E-state index contributed by atoms with van der Waals surface area (Å²) in [6, 6.07) is -4.44. The molecule has 12 N–H and O–H groups in total. The number of nitrogens with zero attached hydrogens (tertiary/aromatic N) is 1. The molecule has 0 aromatic carbocycles. The minimum Gasteiger partial charge on any atom is -0.480 e. The van der Waals surface area contributed by atoms with Gasteiger partial charge >= 0.3 is 5.97 Å². The van der Waals surface area contributed by atoms with Crippen molar-refractivity contribution >= 4 is 35.6 Å². The molecule has 0 spiro atoms. The van der Waals surface area contributed by atoms with Gasteiger partial charge in [0.15, 0.2) is 5.96 Å². The molecular formula is C20H38N8O6. The second kappa shape index (κ2) is 15.4. The summed E-state index contributed by atoms with van der Waals surface area (Å²) < 4.78 is 0. The van der Waals surface area contributed by atoms with Gasteiger partial charge in [-0.2, -0.15) is 0 Å². The van der Waals surface area contributed by atoms with Crippen LogP contribution in [-0.4, -0.2) is 71.4 Å². The van der Waals surface area contributed by atoms with Crippen LogP contribution >= 0.6 is 0 Å². The van der Waals surface area contributed by atoms with Crippen molar-refractivity contribution in [3.63, 3.8) is 0 Å². The number of guanidine groups is 1. The molecule has 14 heteroatoms. The van der Waals surface area contributed by atoms with Crippen molar-refractivity contribution in [1.29, 1.82) is 0 Å². The molecule has 0 bridgehead atoms. The molecule has 0 fully saturated rings. The Morgan fingerprint density at radius 2 is 1.41 bits per heavy atom. The summed E-state index contributed by atoms with van der Waals surface area (Å²) in [5.74, 6) is -4.56. The number of nitrogens with two attached hydrogens (primary N) is 4. The average molecular weight is 487 g/mol. The number of carboxylic acid groups (broad SMARTS) is 1. The van der Waals surface area contributed by atoms with Crippen molar-refractivity contribution in [2.75, 3.05) is 6.54 Å². The highest BCUT2D eigenvalue weighted by molar-refractivity contribution is 5.94. The summed E-state index contributed by atoms with van der Waals surface area (Å²) in [5, 5.41) is 16.8. The lowest BCUT2D eigenvalue weighted by atomic mass is 9.98. The van der Waals surface area contributed by atoms with E-state index in [1.54, 1.807) is 13.8 Å². The van der Waals surface area contributed by atoms with Crippen molar-refractivity contribution < 1.29 is 29.1 Å². The number of amides is 4. The molecule has 0 rings (SSSR count). The van der Waals surface area contributed by atoms with E-state index in [4.69, 9.17) is 22.9 Å². The first-order chi connectivity index (χ1) is 15.8. The Bertz CT molecular complexity index is 753. The fourth-order valence-corrected chi connectivity index (χ4v) is 2.84. The summed E-state index contributed by atoms with van der Waals surface area (Å²) >= 11 is 0. The summed E-state index contributed by atoms with van der Waals surface area (Å²) in [6.07, 6.45) is 0.525. The zero-order valence-electron chi connectivity index (χ0n) is 19.9. The fourth-order valence-electron chi connectivity index (χ4n) is 2.84. The highest BCUT2D eigenvalue weighted by Gasteiger charge is 2.31. The summed E-state index contributed by atoms with van der Waals surface area (Å²) in [5.41, 5.74) is 21.3. The van der Waals surface area contributed by atoms with E-state index in [1.807, 2.05) is 0 Å². The third-order valence-electron chi connectivity index (χ3n) is 5.08. The Labute approximate surface area is 198 Å². The third kappa shape index (κ3) is 12.0. The number of aliphatic imine (C=N–C) groups is 1. The van der Waals surface area contributed by atoms with Gasteiger partial charge in [-0.05, 0) is 32.1 Å². The molecule has 4 amide bonds. The number of carbonyl (C=O) groups is 5. The van der Waals surface area contributed by atoms with Crippen LogP contribution in [-0.2, 0) is 24.0 Å². The van der Waals surface area contributed by atoms with Crippen molar-refractivity contribution in [3.8, 4) is 0 Å². The predicted molar refractivity (Wildman–Crippen MR) is 125 cm³/mol. The van der Waals surface area contributed by atoms with Crippen molar-refractivity contribution in [1.82, 2.24) is 16.0 Å². The number of carbonyl (C=O) groups excluding carboxylic acids is 4. The first-order valence-electron chi connectivity index (χ1n) is 11.0. The lowest BCUT2D eigenvalue weighted by molar-refractivity contribution is -0.144. The van der Waals surface area contributed by atoms with E-state index in [-0.39, 0.29) is 37.7 Å². The van der Waals surface area contributed by atoms with Gasteiger partial charge in [-0.1, -0.05) is 20.3 Å². The molecular weight excluding hydrogens is 448 g/mol. The first kappa shape index (κ1) is 30.6. The minimum atomic E-state index is -1.27. The van der Waals surface area contributed by atoms with Crippen LogP contribution in [0, 0.1) is 5.92 Å². The van der Waals surface area contributed by atoms with E-state index in [0.717, 1.165) is 0 Å². The van der Waals surface area contributed by atoms with Crippen LogP contribution in [0.3, 0.4) is 0 Å². The Morgan fingerprint density at radius 3 is 1.88 bits per heavy atom. The van der Waals surface area contributed by atoms with Gasteiger partial charge in [0.05, 0.1) is 6.04 Å². The highest BCUT2D eigenvalue weighted by atomic mass is 16.4. The topological polar surface area (TPSA) is 258 Å². The maximum Gasteiger partial charge on any atom is 0.326 e. The molecule has 0 aliphatic rings. The molecule has 0 aromatic rings. The molecule has 5 unspecified atom stereocenters. The number of rotatable bonds is 16. The molecule has 0 saturated heterocycles. The second-order valence-corrected chi connectivity index (χ2v) is 8.07. The SMILES string of the molecule is CCC(C)C(NC(=O)C(CCC(N)=O)NC(=O)C(CCCN=C(N)N)NC(=O)C(C)N)C(=O)O. The first-order valence-corrected chi connectivity index (χ1v) is 11.0. The lowest BCUT2D eigenvalue weighted by Gasteiger charge is -2.26. The maximum atomic E-state index is 12.9. The number of carboxylic acids is 1. The molecule has 34 heavy (non-hydrogen) atoms. The molecule has 0 aromatic heterocycles. The largest absolute Gasteiger partial charge is 0.480 e. The van der Waals surface area contributed by atoms with Gasteiger partial charge in [-0.15, -0.1) is 0 Å². The fraction of sp³-hybridized carbons (Fsp3) is 0.700. The number of aliphatic carboxylic acids is 1. The van der Waals surface area contributed by atoms with E-state index in [1.165, 1.54) is 6.92 Å². The van der Waals surface area contributed by atoms with Crippen molar-refractivity contribution in [2.45, 2.75) is 77.0 Å². The van der Waals surface area contributed by atoms with Gasteiger partial charge < -0.3 is 44.0 Å². The van der Waals surface area contributed by atoms with E-state index in [9.17, 15) is 29.1 Å². The number of hydrogen-bond acceptors (Lipinski definition) is 7. The number of hydrogen-bond donors (Lipinski definition) is 8.